The van der Waals surface area contributed by atoms with E-state index in [1.54, 1.807) is 11.8 Å². The number of likely N-dealkylation sites (tertiary alicyclic amines) is 1. The highest BCUT2D eigenvalue weighted by Crippen LogP contribution is 2.46. The smallest absolute Gasteiger partial charge is 0.310 e. The molecule has 2 N–H and O–H groups in total. The third kappa shape index (κ3) is 5.48. The number of hydrogen-bond donors (Lipinski definition) is 2. The fourth-order valence-corrected chi connectivity index (χ4v) is 5.20. The zero-order valence-electron chi connectivity index (χ0n) is 19.8. The molecule has 2 rings (SSSR count). The lowest BCUT2D eigenvalue weighted by molar-refractivity contribution is -0.156. The largest absolute Gasteiger partial charge is 0.466 e. The average molecular weight is 437 g/mol. The quantitative estimate of drug-likeness (QED) is 0.405. The molecule has 7 nitrogen and oxygen atoms in total. The minimum absolute atomic E-state index is 0.0811. The normalized spacial score (nSPS) is 28.7. The van der Waals surface area contributed by atoms with E-state index in [1.807, 2.05) is 46.8 Å². The monoisotopic (exact) mass is 436 g/mol. The summed E-state index contributed by atoms with van der Waals surface area (Å²) in [5, 5.41) is 13.1. The summed E-state index contributed by atoms with van der Waals surface area (Å²) < 4.78 is 5.37. The minimum Gasteiger partial charge on any atom is -0.466 e. The van der Waals surface area contributed by atoms with Gasteiger partial charge in [0.1, 0.15) is 6.04 Å². The van der Waals surface area contributed by atoms with Crippen LogP contribution >= 0.6 is 0 Å². The maximum absolute atomic E-state index is 13.8. The molecule has 1 aliphatic carbocycles. The number of rotatable bonds is 10. The summed E-state index contributed by atoms with van der Waals surface area (Å²) in [6, 6.07) is -1.30. The Labute approximate surface area is 186 Å². The van der Waals surface area contributed by atoms with Crippen molar-refractivity contribution in [2.24, 2.45) is 29.6 Å². The number of hydrogen-bond acceptors (Lipinski definition) is 5. The van der Waals surface area contributed by atoms with Crippen LogP contribution in [0, 0.1) is 29.6 Å². The third-order valence-corrected chi connectivity index (χ3v) is 6.28. The number of aliphatic hydroxyl groups is 1. The van der Waals surface area contributed by atoms with E-state index in [-0.39, 0.29) is 48.9 Å². The van der Waals surface area contributed by atoms with Crippen molar-refractivity contribution in [2.75, 3.05) is 13.2 Å². The van der Waals surface area contributed by atoms with E-state index in [2.05, 4.69) is 5.32 Å². The van der Waals surface area contributed by atoms with Crippen molar-refractivity contribution in [3.8, 4) is 0 Å². The SMILES string of the molecule is CCC[C@@H]1C=C[C@H]2[C@@H](C(=O)N([C@@H](CO)CC(C)C)[C@@H]2C(=O)NC(C)C)[C@@H]1C(=O)OCC. The molecule has 0 saturated carbocycles. The number of amides is 2. The second-order valence-corrected chi connectivity index (χ2v) is 9.54. The van der Waals surface area contributed by atoms with Gasteiger partial charge in [-0.15, -0.1) is 0 Å². The highest BCUT2D eigenvalue weighted by Gasteiger charge is 2.58. The van der Waals surface area contributed by atoms with E-state index in [9.17, 15) is 19.5 Å². The maximum Gasteiger partial charge on any atom is 0.310 e. The van der Waals surface area contributed by atoms with Gasteiger partial charge in [-0.05, 0) is 45.4 Å². The second kappa shape index (κ2) is 11.1. The number of carbonyl (C=O) groups is 3. The minimum atomic E-state index is -0.744. The standard InChI is InChI=1S/C24H40N2O5/c1-7-9-16-10-11-18-20(19(16)24(30)31-8-2)23(29)26(17(13-27)12-14(3)4)21(18)22(28)25-15(5)6/h10-11,14-21,27H,7-9,12-13H2,1-6H3,(H,25,28)/t16-,17-,18+,19-,20-,21+/m1/s1. The van der Waals surface area contributed by atoms with Gasteiger partial charge in [0.25, 0.3) is 0 Å². The van der Waals surface area contributed by atoms with Crippen LogP contribution in [0.15, 0.2) is 12.2 Å². The Kier molecular flexibility index (Phi) is 9.10. The van der Waals surface area contributed by atoms with E-state index >= 15 is 0 Å². The van der Waals surface area contributed by atoms with Gasteiger partial charge < -0.3 is 20.1 Å². The van der Waals surface area contributed by atoms with Crippen molar-refractivity contribution in [3.63, 3.8) is 0 Å². The summed E-state index contributed by atoms with van der Waals surface area (Å²) in [4.78, 5) is 41.6. The Balaban J connectivity index is 2.54. The van der Waals surface area contributed by atoms with E-state index in [0.717, 1.165) is 12.8 Å². The van der Waals surface area contributed by atoms with Crippen LogP contribution in [-0.4, -0.2) is 59.1 Å². The lowest BCUT2D eigenvalue weighted by atomic mass is 9.69. The predicted octanol–water partition coefficient (Wildman–Crippen LogP) is 2.53. The maximum atomic E-state index is 13.8. The van der Waals surface area contributed by atoms with Gasteiger partial charge in [-0.2, -0.15) is 0 Å². The molecule has 6 atom stereocenters. The summed E-state index contributed by atoms with van der Waals surface area (Å²) >= 11 is 0. The predicted molar refractivity (Wildman–Crippen MR) is 119 cm³/mol. The van der Waals surface area contributed by atoms with Gasteiger partial charge in [0.15, 0.2) is 0 Å². The number of esters is 1. The highest BCUT2D eigenvalue weighted by atomic mass is 16.5. The number of nitrogens with zero attached hydrogens (tertiary/aromatic N) is 1. The van der Waals surface area contributed by atoms with Crippen molar-refractivity contribution >= 4 is 17.8 Å². The van der Waals surface area contributed by atoms with Crippen LogP contribution in [0.4, 0.5) is 0 Å². The van der Waals surface area contributed by atoms with E-state index < -0.39 is 29.8 Å². The van der Waals surface area contributed by atoms with Gasteiger partial charge in [0, 0.05) is 12.0 Å². The van der Waals surface area contributed by atoms with Crippen LogP contribution in [0.5, 0.6) is 0 Å². The zero-order chi connectivity index (χ0) is 23.3. The molecule has 0 radical (unpaired) electrons. The molecule has 2 amide bonds. The Morgan fingerprint density at radius 2 is 1.87 bits per heavy atom. The van der Waals surface area contributed by atoms with Gasteiger partial charge >= 0.3 is 5.97 Å². The summed E-state index contributed by atoms with van der Waals surface area (Å²) in [6.07, 6.45) is 6.18. The van der Waals surface area contributed by atoms with Crippen molar-refractivity contribution in [2.45, 2.75) is 78.9 Å². The first kappa shape index (κ1) is 25.4. The molecule has 0 unspecified atom stereocenters. The molecule has 2 aliphatic rings. The molecular formula is C24H40N2O5. The Morgan fingerprint density at radius 1 is 1.19 bits per heavy atom. The fourth-order valence-electron chi connectivity index (χ4n) is 5.20. The van der Waals surface area contributed by atoms with Crippen molar-refractivity contribution < 1.29 is 24.2 Å². The molecular weight excluding hydrogens is 396 g/mol. The molecule has 1 saturated heterocycles. The van der Waals surface area contributed by atoms with Gasteiger partial charge in [-0.25, -0.2) is 0 Å². The lowest BCUT2D eigenvalue weighted by Crippen LogP contribution is -2.53. The fraction of sp³-hybridized carbons (Fsp3) is 0.792. The summed E-state index contributed by atoms with van der Waals surface area (Å²) in [5.74, 6) is -2.37. The summed E-state index contributed by atoms with van der Waals surface area (Å²) in [6.45, 7) is 11.6. The van der Waals surface area contributed by atoms with Gasteiger partial charge in [0.2, 0.25) is 11.8 Å². The molecule has 0 aromatic carbocycles. The first-order chi connectivity index (χ1) is 14.7. The Bertz CT molecular complexity index is 675. The van der Waals surface area contributed by atoms with Gasteiger partial charge in [0.05, 0.1) is 31.1 Å². The Hall–Kier alpha value is -1.89. The van der Waals surface area contributed by atoms with E-state index in [0.29, 0.717) is 6.42 Å². The number of aliphatic hydroxyl groups excluding tert-OH is 1. The molecule has 1 fully saturated rings. The molecule has 1 heterocycles. The van der Waals surface area contributed by atoms with Crippen LogP contribution in [0.2, 0.25) is 0 Å². The molecule has 7 heteroatoms. The third-order valence-electron chi connectivity index (χ3n) is 6.28. The number of nitrogens with one attached hydrogen (secondary N) is 1. The second-order valence-electron chi connectivity index (χ2n) is 9.54. The number of allylic oxidation sites excluding steroid dienone is 1. The van der Waals surface area contributed by atoms with Crippen LogP contribution in [0.25, 0.3) is 0 Å². The molecule has 0 aromatic rings. The lowest BCUT2D eigenvalue weighted by Gasteiger charge is -2.34. The molecule has 0 aromatic heterocycles. The van der Waals surface area contributed by atoms with Crippen molar-refractivity contribution in [1.29, 1.82) is 0 Å². The average Bonchev–Trinajstić information content (AvgIpc) is 2.98. The van der Waals surface area contributed by atoms with E-state index in [1.165, 1.54) is 0 Å². The van der Waals surface area contributed by atoms with Crippen molar-refractivity contribution in [3.05, 3.63) is 12.2 Å². The topological polar surface area (TPSA) is 95.9 Å². The van der Waals surface area contributed by atoms with Crippen LogP contribution in [-0.2, 0) is 19.1 Å². The summed E-state index contributed by atoms with van der Waals surface area (Å²) in [7, 11) is 0. The first-order valence-electron chi connectivity index (χ1n) is 11.8. The highest BCUT2D eigenvalue weighted by molar-refractivity contribution is 5.96. The Morgan fingerprint density at radius 3 is 2.39 bits per heavy atom. The van der Waals surface area contributed by atoms with Crippen LogP contribution < -0.4 is 5.32 Å². The number of fused-ring (bicyclic) bond motifs is 1. The molecule has 1 aliphatic heterocycles. The first-order valence-corrected chi connectivity index (χ1v) is 11.8. The molecule has 0 bridgehead atoms. The van der Waals surface area contributed by atoms with Crippen LogP contribution in [0.1, 0.15) is 60.8 Å². The zero-order valence-corrected chi connectivity index (χ0v) is 19.8. The number of ether oxygens (including phenoxy) is 1. The number of carbonyl (C=O) groups excluding carboxylic acids is 3. The van der Waals surface area contributed by atoms with Gasteiger partial charge in [-0.3, -0.25) is 14.4 Å². The van der Waals surface area contributed by atoms with E-state index in [4.69, 9.17) is 4.74 Å². The molecule has 0 spiro atoms. The van der Waals surface area contributed by atoms with Crippen molar-refractivity contribution in [1.82, 2.24) is 10.2 Å². The molecule has 31 heavy (non-hydrogen) atoms. The van der Waals surface area contributed by atoms with Crippen LogP contribution in [0.3, 0.4) is 0 Å². The molecule has 176 valence electrons. The van der Waals surface area contributed by atoms with Gasteiger partial charge in [-0.1, -0.05) is 39.3 Å². The summed E-state index contributed by atoms with van der Waals surface area (Å²) in [5.41, 5.74) is 0.